The van der Waals surface area contributed by atoms with Gasteiger partial charge in [0.2, 0.25) is 5.12 Å². The van der Waals surface area contributed by atoms with Crippen molar-refractivity contribution < 1.29 is 14.7 Å². The van der Waals surface area contributed by atoms with Crippen molar-refractivity contribution in [2.45, 2.75) is 11.8 Å². The smallest absolute Gasteiger partial charge is 0.313 e. The fraction of sp³-hybridized carbons (Fsp3) is 0.600. The molecule has 0 aromatic rings. The average molecular weight is 227 g/mol. The first-order chi connectivity index (χ1) is 4.54. The van der Waals surface area contributed by atoms with Crippen molar-refractivity contribution in [3.63, 3.8) is 0 Å². The Labute approximate surface area is 71.3 Å². The van der Waals surface area contributed by atoms with Crippen LogP contribution in [0.5, 0.6) is 0 Å². The molecule has 0 aromatic carbocycles. The fourth-order valence-electron chi connectivity index (χ4n) is 0.248. The Hall–Kier alpha value is -0.0300. The van der Waals surface area contributed by atoms with Crippen molar-refractivity contribution >= 4 is 38.8 Å². The molecule has 0 aromatic heterocycles. The number of hydrogen-bond acceptors (Lipinski definition) is 3. The van der Waals surface area contributed by atoms with Crippen molar-refractivity contribution in [2.75, 3.05) is 5.75 Å². The van der Waals surface area contributed by atoms with Crippen LogP contribution in [0.1, 0.15) is 6.92 Å². The second-order valence-corrected chi connectivity index (χ2v) is 3.97. The molecule has 0 bridgehead atoms. The van der Waals surface area contributed by atoms with Gasteiger partial charge in [-0.2, -0.15) is 0 Å². The molecule has 0 aliphatic rings. The lowest BCUT2D eigenvalue weighted by Gasteiger charge is -1.97. The first kappa shape index (κ1) is 9.97. The molecule has 0 rings (SSSR count). The largest absolute Gasteiger partial charge is 0.481 e. The van der Waals surface area contributed by atoms with E-state index in [2.05, 4.69) is 15.9 Å². The van der Waals surface area contributed by atoms with Crippen LogP contribution < -0.4 is 0 Å². The van der Waals surface area contributed by atoms with E-state index in [4.69, 9.17) is 5.11 Å². The molecule has 0 fully saturated rings. The number of thioether (sulfide) groups is 1. The van der Waals surface area contributed by atoms with E-state index >= 15 is 0 Å². The number of carboxylic acids is 1. The minimum atomic E-state index is -0.966. The summed E-state index contributed by atoms with van der Waals surface area (Å²) in [7, 11) is 0. The molecule has 0 radical (unpaired) electrons. The van der Waals surface area contributed by atoms with E-state index in [-0.39, 0.29) is 15.7 Å². The normalized spacial score (nSPS) is 12.6. The molecular formula is C5H7BrO3S. The van der Waals surface area contributed by atoms with E-state index in [1.54, 1.807) is 6.92 Å². The predicted molar refractivity (Wildman–Crippen MR) is 43.5 cm³/mol. The highest BCUT2D eigenvalue weighted by molar-refractivity contribution is 9.10. The van der Waals surface area contributed by atoms with Crippen LogP contribution >= 0.6 is 27.7 Å². The van der Waals surface area contributed by atoms with E-state index in [1.165, 1.54) is 0 Å². The number of aliphatic carboxylic acids is 1. The molecule has 0 aliphatic carbocycles. The predicted octanol–water partition coefficient (Wildman–Crippen LogP) is 1.11. The van der Waals surface area contributed by atoms with Gasteiger partial charge in [0.05, 0.1) is 10.6 Å². The maximum Gasteiger partial charge on any atom is 0.313 e. The van der Waals surface area contributed by atoms with Crippen LogP contribution in [0.3, 0.4) is 0 Å². The molecule has 1 unspecified atom stereocenters. The van der Waals surface area contributed by atoms with Crippen LogP contribution in [0.25, 0.3) is 0 Å². The third-order valence-corrected chi connectivity index (χ3v) is 2.41. The lowest BCUT2D eigenvalue weighted by Crippen LogP contribution is -2.08. The summed E-state index contributed by atoms with van der Waals surface area (Å²) in [5.41, 5.74) is 0. The van der Waals surface area contributed by atoms with Gasteiger partial charge in [0.25, 0.3) is 0 Å². The lowest BCUT2D eigenvalue weighted by atomic mass is 10.6. The summed E-state index contributed by atoms with van der Waals surface area (Å²) in [6.07, 6.45) is 0. The molecular weight excluding hydrogens is 220 g/mol. The molecule has 3 nitrogen and oxygen atoms in total. The number of hydrogen-bond donors (Lipinski definition) is 1. The molecule has 0 aliphatic heterocycles. The van der Waals surface area contributed by atoms with Gasteiger partial charge in [-0.15, -0.1) is 0 Å². The number of carbonyl (C=O) groups is 2. The van der Waals surface area contributed by atoms with Crippen LogP contribution in [-0.2, 0) is 9.59 Å². The van der Waals surface area contributed by atoms with Crippen LogP contribution in [0.2, 0.25) is 0 Å². The zero-order chi connectivity index (χ0) is 8.15. The van der Waals surface area contributed by atoms with Crippen molar-refractivity contribution in [1.29, 1.82) is 0 Å². The van der Waals surface area contributed by atoms with Crippen molar-refractivity contribution in [2.24, 2.45) is 0 Å². The van der Waals surface area contributed by atoms with Gasteiger partial charge >= 0.3 is 5.97 Å². The first-order valence-electron chi connectivity index (χ1n) is 2.56. The number of rotatable bonds is 3. The molecule has 5 heteroatoms. The number of carboxylic acid groups (broad SMARTS) is 1. The van der Waals surface area contributed by atoms with Gasteiger partial charge < -0.3 is 5.11 Å². The summed E-state index contributed by atoms with van der Waals surface area (Å²) in [5.74, 6) is -1.12. The Balaban J connectivity index is 3.50. The summed E-state index contributed by atoms with van der Waals surface area (Å²) in [5, 5.41) is 8.01. The van der Waals surface area contributed by atoms with Crippen molar-refractivity contribution in [3.05, 3.63) is 0 Å². The summed E-state index contributed by atoms with van der Waals surface area (Å²) in [4.78, 5) is 20.4. The third-order valence-electron chi connectivity index (χ3n) is 0.663. The summed E-state index contributed by atoms with van der Waals surface area (Å²) >= 11 is 3.83. The van der Waals surface area contributed by atoms with Crippen LogP contribution in [0.4, 0.5) is 0 Å². The van der Waals surface area contributed by atoms with E-state index in [1.807, 2.05) is 0 Å². The van der Waals surface area contributed by atoms with Gasteiger partial charge in [0, 0.05) is 0 Å². The second kappa shape index (κ2) is 4.73. The summed E-state index contributed by atoms with van der Waals surface area (Å²) in [6, 6.07) is 0. The zero-order valence-corrected chi connectivity index (χ0v) is 7.74. The maximum atomic E-state index is 10.7. The molecule has 0 saturated heterocycles. The van der Waals surface area contributed by atoms with Gasteiger partial charge in [-0.25, -0.2) is 0 Å². The molecule has 1 N–H and O–H groups in total. The van der Waals surface area contributed by atoms with Gasteiger partial charge in [-0.1, -0.05) is 27.7 Å². The van der Waals surface area contributed by atoms with Crippen LogP contribution in [-0.4, -0.2) is 26.8 Å². The van der Waals surface area contributed by atoms with E-state index in [9.17, 15) is 9.59 Å². The minimum absolute atomic E-state index is 0.151. The molecule has 0 amide bonds. The van der Waals surface area contributed by atoms with E-state index in [0.717, 1.165) is 11.8 Å². The maximum absolute atomic E-state index is 10.7. The Bertz CT molecular complexity index is 146. The standard InChI is InChI=1S/C5H7BrO3S/c1-3(6)5(9)10-2-4(7)8/h3H,2H2,1H3,(H,7,8). The highest BCUT2D eigenvalue weighted by atomic mass is 79.9. The Morgan fingerprint density at radius 1 is 1.70 bits per heavy atom. The van der Waals surface area contributed by atoms with Crippen LogP contribution in [0.15, 0.2) is 0 Å². The highest BCUT2D eigenvalue weighted by Crippen LogP contribution is 2.10. The Morgan fingerprint density at radius 3 is 2.50 bits per heavy atom. The number of halogens is 1. The van der Waals surface area contributed by atoms with Gasteiger partial charge in [0.15, 0.2) is 0 Å². The Kier molecular flexibility index (Phi) is 4.72. The van der Waals surface area contributed by atoms with E-state index < -0.39 is 5.97 Å². The third kappa shape index (κ3) is 4.81. The molecule has 0 spiro atoms. The molecule has 58 valence electrons. The van der Waals surface area contributed by atoms with E-state index in [0.29, 0.717) is 0 Å². The van der Waals surface area contributed by atoms with Crippen molar-refractivity contribution in [3.8, 4) is 0 Å². The topological polar surface area (TPSA) is 54.4 Å². The average Bonchev–Trinajstić information content (AvgIpc) is 1.82. The SMILES string of the molecule is CC(Br)C(=O)SCC(=O)O. The summed E-state index contributed by atoms with van der Waals surface area (Å²) < 4.78 is 0. The van der Waals surface area contributed by atoms with Gasteiger partial charge in [0.1, 0.15) is 0 Å². The molecule has 10 heavy (non-hydrogen) atoms. The summed E-state index contributed by atoms with van der Waals surface area (Å²) in [6.45, 7) is 1.66. The quantitative estimate of drug-likeness (QED) is 0.734. The monoisotopic (exact) mass is 226 g/mol. The highest BCUT2D eigenvalue weighted by Gasteiger charge is 2.10. The van der Waals surface area contributed by atoms with Crippen molar-refractivity contribution in [1.82, 2.24) is 0 Å². The first-order valence-corrected chi connectivity index (χ1v) is 4.46. The van der Waals surface area contributed by atoms with Gasteiger partial charge in [-0.3, -0.25) is 9.59 Å². The number of alkyl halides is 1. The molecule has 1 atom stereocenters. The molecule has 0 saturated carbocycles. The van der Waals surface area contributed by atoms with Gasteiger partial charge in [-0.05, 0) is 6.92 Å². The van der Waals surface area contributed by atoms with Crippen LogP contribution in [0, 0.1) is 0 Å². The Morgan fingerprint density at radius 2 is 2.20 bits per heavy atom. The molecule has 0 heterocycles. The zero-order valence-electron chi connectivity index (χ0n) is 5.33. The number of carbonyl (C=O) groups excluding carboxylic acids is 1. The lowest BCUT2D eigenvalue weighted by molar-refractivity contribution is -0.134. The second-order valence-electron chi connectivity index (χ2n) is 1.62. The fourth-order valence-corrected chi connectivity index (χ4v) is 1.14. The minimum Gasteiger partial charge on any atom is -0.481 e.